The molecule has 0 spiro atoms. The van der Waals surface area contributed by atoms with Crippen LogP contribution in [0.3, 0.4) is 0 Å². The second-order valence-corrected chi connectivity index (χ2v) is 6.18. The van der Waals surface area contributed by atoms with Crippen molar-refractivity contribution in [3.63, 3.8) is 0 Å². The quantitative estimate of drug-likeness (QED) is 0.902. The molecule has 1 atom stereocenters. The molecule has 1 heterocycles. The summed E-state index contributed by atoms with van der Waals surface area (Å²) in [7, 11) is 5.20. The summed E-state index contributed by atoms with van der Waals surface area (Å²) in [6, 6.07) is 9.32. The normalized spacial score (nSPS) is 17.4. The van der Waals surface area contributed by atoms with Crippen LogP contribution in [0.25, 0.3) is 0 Å². The van der Waals surface area contributed by atoms with E-state index in [9.17, 15) is 10.2 Å². The van der Waals surface area contributed by atoms with Crippen molar-refractivity contribution in [1.82, 2.24) is 4.90 Å². The first kappa shape index (κ1) is 16.5. The molecule has 0 bridgehead atoms. The lowest BCUT2D eigenvalue weighted by Gasteiger charge is -2.35. The minimum atomic E-state index is 0.140. The Kier molecular flexibility index (Phi) is 4.53. The van der Waals surface area contributed by atoms with E-state index in [1.54, 1.807) is 20.3 Å². The molecule has 0 saturated heterocycles. The van der Waals surface area contributed by atoms with Crippen molar-refractivity contribution < 1.29 is 19.7 Å². The predicted octanol–water partition coefficient (Wildman–Crippen LogP) is 2.89. The van der Waals surface area contributed by atoms with Gasteiger partial charge in [0.2, 0.25) is 0 Å². The van der Waals surface area contributed by atoms with Gasteiger partial charge in [-0.2, -0.15) is 0 Å². The highest BCUT2D eigenvalue weighted by Crippen LogP contribution is 2.39. The number of fused-ring (bicyclic) bond motifs is 1. The van der Waals surface area contributed by atoms with E-state index in [4.69, 9.17) is 9.47 Å². The number of likely N-dealkylation sites (N-methyl/N-ethyl adjacent to an activating group) is 1. The van der Waals surface area contributed by atoms with Crippen molar-refractivity contribution >= 4 is 0 Å². The van der Waals surface area contributed by atoms with Gasteiger partial charge in [-0.1, -0.05) is 6.07 Å². The summed E-state index contributed by atoms with van der Waals surface area (Å²) < 4.78 is 10.4. The zero-order chi connectivity index (χ0) is 17.3. The fourth-order valence-corrected chi connectivity index (χ4v) is 3.34. The number of rotatable bonds is 4. The van der Waals surface area contributed by atoms with Crippen LogP contribution >= 0.6 is 0 Å². The summed E-state index contributed by atoms with van der Waals surface area (Å²) >= 11 is 0. The highest BCUT2D eigenvalue weighted by atomic mass is 16.5. The molecule has 2 N–H and O–H groups in total. The monoisotopic (exact) mass is 331 g/mol. The lowest BCUT2D eigenvalue weighted by Crippen LogP contribution is -2.33. The van der Waals surface area contributed by atoms with Crippen LogP contribution in [0.4, 0.5) is 0 Å². The lowest BCUT2D eigenvalue weighted by atomic mass is 9.89. The van der Waals surface area contributed by atoms with E-state index in [2.05, 4.69) is 11.9 Å². The molecule has 2 aromatic carbocycles. The topological polar surface area (TPSA) is 62.2 Å². The number of nitrogens with zero attached hydrogens (tertiary/aromatic N) is 1. The summed E-state index contributed by atoms with van der Waals surface area (Å²) in [6.45, 7) is 0.945. The molecule has 1 aliphatic rings. The van der Waals surface area contributed by atoms with Crippen LogP contribution in [0, 0.1) is 0 Å². The van der Waals surface area contributed by atoms with Crippen molar-refractivity contribution in [1.29, 1.82) is 0 Å². The third-order valence-electron chi connectivity index (χ3n) is 4.74. The van der Waals surface area contributed by atoms with Crippen molar-refractivity contribution in [3.8, 4) is 23.0 Å². The van der Waals surface area contributed by atoms with E-state index in [-0.39, 0.29) is 17.5 Å². The molecular weight excluding hydrogens is 308 g/mol. The maximum atomic E-state index is 10.2. The molecule has 0 saturated carbocycles. The van der Waals surface area contributed by atoms with Gasteiger partial charge in [0.15, 0.2) is 23.0 Å². The molecule has 0 aromatic heterocycles. The minimum Gasteiger partial charge on any atom is -0.504 e. The molecule has 1 unspecified atom stereocenters. The van der Waals surface area contributed by atoms with Gasteiger partial charge in [0, 0.05) is 12.6 Å². The number of phenols is 2. The smallest absolute Gasteiger partial charge is 0.160 e. The fraction of sp³-hybridized carbons (Fsp3) is 0.368. The zero-order valence-corrected chi connectivity index (χ0v) is 14.2. The summed E-state index contributed by atoms with van der Waals surface area (Å²) in [5.74, 6) is 1.30. The van der Waals surface area contributed by atoms with E-state index in [1.807, 2.05) is 24.3 Å². The Bertz CT molecular complexity index is 744. The third-order valence-corrected chi connectivity index (χ3v) is 4.74. The van der Waals surface area contributed by atoms with Gasteiger partial charge >= 0.3 is 0 Å². The Morgan fingerprint density at radius 2 is 1.79 bits per heavy atom. The van der Waals surface area contributed by atoms with Gasteiger partial charge in [0.05, 0.1) is 14.2 Å². The van der Waals surface area contributed by atoms with E-state index >= 15 is 0 Å². The Morgan fingerprint density at radius 3 is 2.50 bits per heavy atom. The molecule has 0 amide bonds. The Morgan fingerprint density at radius 1 is 1.08 bits per heavy atom. The SMILES string of the molecule is COc1cc(CC2c3cc(O)c(OC)cc3CCN2[14CH3])ccc1O. The van der Waals surface area contributed by atoms with E-state index in [0.29, 0.717) is 11.5 Å². The summed E-state index contributed by atoms with van der Waals surface area (Å²) in [5, 5.41) is 19.9. The third kappa shape index (κ3) is 2.99. The second kappa shape index (κ2) is 6.61. The van der Waals surface area contributed by atoms with Gasteiger partial charge in [-0.3, -0.25) is 4.90 Å². The molecule has 5 heteroatoms. The Hall–Kier alpha value is -2.40. The van der Waals surface area contributed by atoms with Gasteiger partial charge in [0.25, 0.3) is 0 Å². The molecule has 1 aliphatic heterocycles. The molecule has 0 radical (unpaired) electrons. The van der Waals surface area contributed by atoms with Crippen LogP contribution in [0.2, 0.25) is 0 Å². The van der Waals surface area contributed by atoms with Gasteiger partial charge in [-0.05, 0) is 60.8 Å². The van der Waals surface area contributed by atoms with Crippen LogP contribution in [-0.2, 0) is 12.8 Å². The maximum absolute atomic E-state index is 10.2. The zero-order valence-electron chi connectivity index (χ0n) is 14.2. The number of hydrogen-bond acceptors (Lipinski definition) is 5. The molecule has 128 valence electrons. The van der Waals surface area contributed by atoms with Gasteiger partial charge in [-0.25, -0.2) is 0 Å². The van der Waals surface area contributed by atoms with E-state index in [0.717, 1.165) is 30.5 Å². The number of phenolic OH excluding ortho intramolecular Hbond substituents is 2. The molecule has 0 fully saturated rings. The number of benzene rings is 2. The van der Waals surface area contributed by atoms with Crippen LogP contribution in [0.1, 0.15) is 22.7 Å². The number of methoxy groups -OCH3 is 2. The molecule has 24 heavy (non-hydrogen) atoms. The average molecular weight is 331 g/mol. The van der Waals surface area contributed by atoms with Crippen LogP contribution < -0.4 is 9.47 Å². The average Bonchev–Trinajstić information content (AvgIpc) is 2.58. The van der Waals surface area contributed by atoms with Gasteiger partial charge in [0.1, 0.15) is 0 Å². The molecule has 5 nitrogen and oxygen atoms in total. The Balaban J connectivity index is 1.95. The molecule has 0 aliphatic carbocycles. The first-order valence-electron chi connectivity index (χ1n) is 7.99. The summed E-state index contributed by atoms with van der Waals surface area (Å²) in [6.07, 6.45) is 1.70. The van der Waals surface area contributed by atoms with Crippen molar-refractivity contribution in [2.24, 2.45) is 0 Å². The second-order valence-electron chi connectivity index (χ2n) is 6.18. The minimum absolute atomic E-state index is 0.140. The van der Waals surface area contributed by atoms with Crippen LogP contribution in [-0.4, -0.2) is 42.9 Å². The van der Waals surface area contributed by atoms with Crippen LogP contribution in [0.15, 0.2) is 30.3 Å². The maximum Gasteiger partial charge on any atom is 0.160 e. The number of aromatic hydroxyl groups is 2. The predicted molar refractivity (Wildman–Crippen MR) is 92.1 cm³/mol. The lowest BCUT2D eigenvalue weighted by molar-refractivity contribution is 0.228. The summed E-state index contributed by atoms with van der Waals surface area (Å²) in [5.41, 5.74) is 3.40. The first-order valence-corrected chi connectivity index (χ1v) is 7.99. The molecule has 2 aromatic rings. The van der Waals surface area contributed by atoms with E-state index < -0.39 is 0 Å². The first-order chi connectivity index (χ1) is 11.5. The largest absolute Gasteiger partial charge is 0.504 e. The molecule has 3 rings (SSSR count). The van der Waals surface area contributed by atoms with Gasteiger partial charge in [-0.15, -0.1) is 0 Å². The van der Waals surface area contributed by atoms with Crippen molar-refractivity contribution in [3.05, 3.63) is 47.0 Å². The van der Waals surface area contributed by atoms with E-state index in [1.165, 1.54) is 5.56 Å². The van der Waals surface area contributed by atoms with Crippen LogP contribution in [0.5, 0.6) is 23.0 Å². The number of ether oxygens (including phenoxy) is 2. The highest BCUT2D eigenvalue weighted by Gasteiger charge is 2.27. The number of hydrogen-bond donors (Lipinski definition) is 2. The van der Waals surface area contributed by atoms with Crippen molar-refractivity contribution in [2.45, 2.75) is 18.9 Å². The molecular formula is C19H23NO4. The fourth-order valence-electron chi connectivity index (χ4n) is 3.34. The van der Waals surface area contributed by atoms with Gasteiger partial charge < -0.3 is 19.7 Å². The standard InChI is InChI=1S/C19H23NO4/c1-20-7-6-13-10-19(24-3)17(22)11-14(13)15(20)8-12-4-5-16(21)18(9-12)23-2/h4-5,9-11,15,21-22H,6-8H2,1-3H3/i1+2. The summed E-state index contributed by atoms with van der Waals surface area (Å²) in [4.78, 5) is 2.29. The highest BCUT2D eigenvalue weighted by molar-refractivity contribution is 5.49. The van der Waals surface area contributed by atoms with Crippen molar-refractivity contribution in [2.75, 3.05) is 27.8 Å². The Labute approximate surface area is 142 Å².